The van der Waals surface area contributed by atoms with Crippen molar-refractivity contribution in [3.05, 3.63) is 0 Å². The minimum Gasteiger partial charge on any atom is -0.374 e. The number of rotatable bonds is 3. The number of nitrogen functional groups attached to an aromatic ring is 1. The van der Waals surface area contributed by atoms with Gasteiger partial charge < -0.3 is 10.6 Å². The summed E-state index contributed by atoms with van der Waals surface area (Å²) in [6.07, 6.45) is 1.21. The second-order valence-electron chi connectivity index (χ2n) is 4.94. The molecule has 2 atom stereocenters. The number of piperidine rings is 1. The lowest BCUT2D eigenvalue weighted by Crippen LogP contribution is -2.43. The van der Waals surface area contributed by atoms with Crippen LogP contribution in [0.25, 0.3) is 0 Å². The number of hydrogen-bond donors (Lipinski definition) is 1. The van der Waals surface area contributed by atoms with E-state index in [2.05, 4.69) is 24.0 Å². The number of carbonyl (C=O) groups is 1. The molecule has 1 aliphatic heterocycles. The maximum atomic E-state index is 12.1. The Morgan fingerprint density at radius 1 is 1.44 bits per heavy atom. The number of amides is 1. The van der Waals surface area contributed by atoms with E-state index in [-0.39, 0.29) is 5.91 Å². The Hall–Kier alpha value is -0.820. The third-order valence-electron chi connectivity index (χ3n) is 2.96. The minimum absolute atomic E-state index is 0.187. The zero-order valence-corrected chi connectivity index (χ0v) is 12.3. The molecule has 0 bridgehead atoms. The van der Waals surface area contributed by atoms with Gasteiger partial charge in [-0.05, 0) is 18.3 Å². The van der Waals surface area contributed by atoms with Crippen LogP contribution < -0.4 is 5.73 Å². The van der Waals surface area contributed by atoms with Gasteiger partial charge in [-0.25, -0.2) is 0 Å². The van der Waals surface area contributed by atoms with E-state index in [1.807, 2.05) is 4.90 Å². The first-order valence-corrected chi connectivity index (χ1v) is 7.84. The van der Waals surface area contributed by atoms with Crippen molar-refractivity contribution in [1.82, 2.24) is 15.1 Å². The highest BCUT2D eigenvalue weighted by molar-refractivity contribution is 8.01. The van der Waals surface area contributed by atoms with E-state index in [1.165, 1.54) is 29.5 Å². The average Bonchev–Trinajstić information content (AvgIpc) is 2.70. The van der Waals surface area contributed by atoms with E-state index < -0.39 is 0 Å². The van der Waals surface area contributed by atoms with Gasteiger partial charge in [0.05, 0.1) is 5.75 Å². The zero-order chi connectivity index (χ0) is 13.1. The van der Waals surface area contributed by atoms with Crippen molar-refractivity contribution in [2.45, 2.75) is 24.6 Å². The fourth-order valence-corrected chi connectivity index (χ4v) is 3.90. The molecular formula is C11H18N4OS2. The van der Waals surface area contributed by atoms with Crippen LogP contribution in [0.5, 0.6) is 0 Å². The van der Waals surface area contributed by atoms with Crippen LogP contribution in [-0.4, -0.2) is 39.8 Å². The number of thioether (sulfide) groups is 1. The zero-order valence-electron chi connectivity index (χ0n) is 10.6. The molecule has 100 valence electrons. The number of hydrogen-bond acceptors (Lipinski definition) is 6. The molecule has 1 saturated heterocycles. The normalized spacial score (nSPS) is 24.2. The van der Waals surface area contributed by atoms with E-state index in [0.29, 0.717) is 22.7 Å². The van der Waals surface area contributed by atoms with E-state index in [9.17, 15) is 4.79 Å². The van der Waals surface area contributed by atoms with Gasteiger partial charge in [-0.2, -0.15) is 0 Å². The van der Waals surface area contributed by atoms with Crippen molar-refractivity contribution in [1.29, 1.82) is 0 Å². The van der Waals surface area contributed by atoms with Crippen LogP contribution in [0.3, 0.4) is 0 Å². The largest absolute Gasteiger partial charge is 0.374 e. The maximum absolute atomic E-state index is 12.1. The fraction of sp³-hybridized carbons (Fsp3) is 0.727. The van der Waals surface area contributed by atoms with Gasteiger partial charge in [0, 0.05) is 13.1 Å². The number of anilines is 1. The summed E-state index contributed by atoms with van der Waals surface area (Å²) in [5.41, 5.74) is 5.50. The van der Waals surface area contributed by atoms with Crippen molar-refractivity contribution in [2.24, 2.45) is 11.8 Å². The molecule has 18 heavy (non-hydrogen) atoms. The Labute approximate surface area is 115 Å². The molecule has 2 N–H and O–H groups in total. The predicted octanol–water partition coefficient (Wildman–Crippen LogP) is 1.72. The van der Waals surface area contributed by atoms with Crippen LogP contribution in [-0.2, 0) is 4.79 Å². The van der Waals surface area contributed by atoms with E-state index in [4.69, 9.17) is 5.73 Å². The van der Waals surface area contributed by atoms with Crippen molar-refractivity contribution in [3.63, 3.8) is 0 Å². The number of nitrogens with zero attached hydrogens (tertiary/aromatic N) is 3. The number of likely N-dealkylation sites (tertiary alicyclic amines) is 1. The second kappa shape index (κ2) is 5.88. The third-order valence-corrected chi connectivity index (χ3v) is 4.83. The molecule has 0 radical (unpaired) electrons. The number of carbonyl (C=O) groups excluding carboxylic acids is 1. The molecule has 0 saturated carbocycles. The van der Waals surface area contributed by atoms with Gasteiger partial charge >= 0.3 is 0 Å². The van der Waals surface area contributed by atoms with Crippen molar-refractivity contribution < 1.29 is 4.79 Å². The van der Waals surface area contributed by atoms with E-state index in [1.54, 1.807) is 0 Å². The first-order chi connectivity index (χ1) is 8.54. The lowest BCUT2D eigenvalue weighted by molar-refractivity contribution is -0.130. The second-order valence-corrected chi connectivity index (χ2v) is 7.17. The van der Waals surface area contributed by atoms with Gasteiger partial charge in [-0.1, -0.05) is 36.9 Å². The molecule has 0 aromatic carbocycles. The first-order valence-electron chi connectivity index (χ1n) is 6.04. The predicted molar refractivity (Wildman–Crippen MR) is 74.6 cm³/mol. The molecule has 5 nitrogen and oxygen atoms in total. The molecule has 1 amide bonds. The van der Waals surface area contributed by atoms with Gasteiger partial charge in [0.15, 0.2) is 4.34 Å². The summed E-state index contributed by atoms with van der Waals surface area (Å²) in [5.74, 6) is 1.81. The first kappa shape index (κ1) is 13.6. The molecule has 0 aliphatic carbocycles. The lowest BCUT2D eigenvalue weighted by atomic mass is 9.92. The summed E-state index contributed by atoms with van der Waals surface area (Å²) in [6, 6.07) is 0. The molecule has 2 heterocycles. The number of aromatic nitrogens is 2. The SMILES string of the molecule is C[C@@H]1C[C@@H](C)CN(C(=O)CSc2nnc(N)s2)C1. The van der Waals surface area contributed by atoms with Crippen LogP contribution in [0.15, 0.2) is 4.34 Å². The molecule has 7 heteroatoms. The maximum Gasteiger partial charge on any atom is 0.233 e. The monoisotopic (exact) mass is 286 g/mol. The lowest BCUT2D eigenvalue weighted by Gasteiger charge is -2.34. The molecule has 1 fully saturated rings. The Balaban J connectivity index is 1.84. The molecule has 0 spiro atoms. The van der Waals surface area contributed by atoms with E-state index >= 15 is 0 Å². The van der Waals surface area contributed by atoms with Crippen LogP contribution in [0.2, 0.25) is 0 Å². The molecular weight excluding hydrogens is 268 g/mol. The Morgan fingerprint density at radius 3 is 2.67 bits per heavy atom. The summed E-state index contributed by atoms with van der Waals surface area (Å²) >= 11 is 2.74. The van der Waals surface area contributed by atoms with Gasteiger partial charge in [-0.3, -0.25) is 4.79 Å². The molecule has 1 aromatic heterocycles. The van der Waals surface area contributed by atoms with Gasteiger partial charge in [-0.15, -0.1) is 10.2 Å². The molecule has 1 aliphatic rings. The Morgan fingerprint density at radius 2 is 2.11 bits per heavy atom. The summed E-state index contributed by atoms with van der Waals surface area (Å²) in [6.45, 7) is 6.16. The highest BCUT2D eigenvalue weighted by atomic mass is 32.2. The molecule has 2 rings (SSSR count). The van der Waals surface area contributed by atoms with Crippen LogP contribution in [0, 0.1) is 11.8 Å². The summed E-state index contributed by atoms with van der Waals surface area (Å²) in [7, 11) is 0. The summed E-state index contributed by atoms with van der Waals surface area (Å²) < 4.78 is 0.763. The summed E-state index contributed by atoms with van der Waals surface area (Å²) in [5, 5.41) is 8.08. The van der Waals surface area contributed by atoms with Crippen molar-refractivity contribution >= 4 is 34.1 Å². The number of nitrogens with two attached hydrogens (primary N) is 1. The topological polar surface area (TPSA) is 72.1 Å². The minimum atomic E-state index is 0.187. The molecule has 0 unspecified atom stereocenters. The fourth-order valence-electron chi connectivity index (χ4n) is 2.36. The summed E-state index contributed by atoms with van der Waals surface area (Å²) in [4.78, 5) is 14.1. The Kier molecular flexibility index (Phi) is 4.45. The highest BCUT2D eigenvalue weighted by Gasteiger charge is 2.25. The van der Waals surface area contributed by atoms with Crippen LogP contribution >= 0.6 is 23.1 Å². The van der Waals surface area contributed by atoms with Gasteiger partial charge in [0.1, 0.15) is 0 Å². The quantitative estimate of drug-likeness (QED) is 0.857. The standard InChI is InChI=1S/C11H18N4OS2/c1-7-3-8(2)5-15(4-7)9(16)6-17-11-14-13-10(12)18-11/h7-8H,3-6H2,1-2H3,(H2,12,13)/t7-,8-/m1/s1. The van der Waals surface area contributed by atoms with Crippen LogP contribution in [0.1, 0.15) is 20.3 Å². The van der Waals surface area contributed by atoms with Gasteiger partial charge in [0.2, 0.25) is 11.0 Å². The van der Waals surface area contributed by atoms with Crippen LogP contribution in [0.4, 0.5) is 5.13 Å². The molecule has 1 aromatic rings. The third kappa shape index (κ3) is 3.58. The van der Waals surface area contributed by atoms with Gasteiger partial charge in [0.25, 0.3) is 0 Å². The highest BCUT2D eigenvalue weighted by Crippen LogP contribution is 2.25. The van der Waals surface area contributed by atoms with Crippen molar-refractivity contribution in [3.8, 4) is 0 Å². The van der Waals surface area contributed by atoms with Crippen molar-refractivity contribution in [2.75, 3.05) is 24.6 Å². The average molecular weight is 286 g/mol. The Bertz CT molecular complexity index is 413. The smallest absolute Gasteiger partial charge is 0.233 e. The van der Waals surface area contributed by atoms with E-state index in [0.717, 1.165) is 17.4 Å².